The van der Waals surface area contributed by atoms with Gasteiger partial charge in [-0.1, -0.05) is 0 Å². The van der Waals surface area contributed by atoms with Gasteiger partial charge in [-0.2, -0.15) is 0 Å². The minimum atomic E-state index is -0.0240. The van der Waals surface area contributed by atoms with Gasteiger partial charge in [0, 0.05) is 25.2 Å². The van der Waals surface area contributed by atoms with E-state index in [1.54, 1.807) is 0 Å². The van der Waals surface area contributed by atoms with Crippen LogP contribution in [0.4, 0.5) is 0 Å². The maximum Gasteiger partial charge on any atom is 0.0226 e. The molecule has 0 aliphatic heterocycles. The van der Waals surface area contributed by atoms with E-state index >= 15 is 0 Å². The molecule has 82 valence electrons. The maximum absolute atomic E-state index is 6.09. The third kappa shape index (κ3) is 3.97. The van der Waals surface area contributed by atoms with Gasteiger partial charge in [-0.05, 0) is 51.4 Å². The predicted octanol–water partition coefficient (Wildman–Crippen LogP) is 1.85. The third-order valence-corrected chi connectivity index (χ3v) is 3.06. The van der Waals surface area contributed by atoms with Crippen LogP contribution in [0.3, 0.4) is 0 Å². The summed E-state index contributed by atoms with van der Waals surface area (Å²) in [5, 5.41) is 0. The molecule has 2 aliphatic carbocycles. The number of nitrogens with zero attached hydrogens (tertiary/aromatic N) is 1. The topological polar surface area (TPSA) is 29.3 Å². The Morgan fingerprint density at radius 1 is 1.07 bits per heavy atom. The Morgan fingerprint density at radius 3 is 1.79 bits per heavy atom. The van der Waals surface area contributed by atoms with E-state index < -0.39 is 0 Å². The van der Waals surface area contributed by atoms with Gasteiger partial charge >= 0.3 is 0 Å². The van der Waals surface area contributed by atoms with Crippen LogP contribution in [-0.2, 0) is 0 Å². The van der Waals surface area contributed by atoms with Crippen molar-refractivity contribution >= 4 is 0 Å². The Labute approximate surface area is 87.8 Å². The molecule has 0 radical (unpaired) electrons. The van der Waals surface area contributed by atoms with Gasteiger partial charge in [-0.15, -0.1) is 0 Å². The first kappa shape index (κ1) is 10.4. The zero-order valence-electron chi connectivity index (χ0n) is 9.63. The van der Waals surface area contributed by atoms with E-state index in [-0.39, 0.29) is 5.54 Å². The van der Waals surface area contributed by atoms with Crippen LogP contribution in [0.25, 0.3) is 0 Å². The lowest BCUT2D eigenvalue weighted by Crippen LogP contribution is -2.46. The van der Waals surface area contributed by atoms with E-state index in [9.17, 15) is 0 Å². The second-order valence-corrected chi connectivity index (χ2v) is 6.07. The highest BCUT2D eigenvalue weighted by Crippen LogP contribution is 2.33. The van der Waals surface area contributed by atoms with E-state index in [0.29, 0.717) is 0 Å². The Bertz CT molecular complexity index is 173. The molecule has 2 rings (SSSR count). The van der Waals surface area contributed by atoms with Gasteiger partial charge in [-0.3, -0.25) is 0 Å². The van der Waals surface area contributed by atoms with Crippen LogP contribution in [0.5, 0.6) is 0 Å². The summed E-state index contributed by atoms with van der Waals surface area (Å²) in [6, 6.07) is 0. The van der Waals surface area contributed by atoms with Crippen molar-refractivity contribution in [1.82, 2.24) is 4.90 Å². The first-order valence-corrected chi connectivity index (χ1v) is 6.04. The normalized spacial score (nSPS) is 23.1. The lowest BCUT2D eigenvalue weighted by atomic mass is 10.1. The molecule has 14 heavy (non-hydrogen) atoms. The van der Waals surface area contributed by atoms with Gasteiger partial charge in [0.2, 0.25) is 0 Å². The molecule has 0 spiro atoms. The highest BCUT2D eigenvalue weighted by Gasteiger charge is 2.30. The molecule has 0 unspecified atom stereocenters. The highest BCUT2D eigenvalue weighted by molar-refractivity contribution is 4.86. The van der Waals surface area contributed by atoms with Crippen LogP contribution in [0.15, 0.2) is 0 Å². The molecular weight excluding hydrogens is 172 g/mol. The van der Waals surface area contributed by atoms with E-state index in [0.717, 1.165) is 18.4 Å². The molecule has 0 aromatic rings. The molecule has 2 N–H and O–H groups in total. The molecule has 0 aromatic carbocycles. The molecule has 0 bridgehead atoms. The van der Waals surface area contributed by atoms with Crippen LogP contribution in [0, 0.1) is 11.8 Å². The van der Waals surface area contributed by atoms with Gasteiger partial charge < -0.3 is 10.6 Å². The molecule has 2 aliphatic rings. The lowest BCUT2D eigenvalue weighted by Gasteiger charge is -2.29. The van der Waals surface area contributed by atoms with Crippen LogP contribution < -0.4 is 5.73 Å². The zero-order chi connectivity index (χ0) is 10.2. The largest absolute Gasteiger partial charge is 0.324 e. The Morgan fingerprint density at radius 2 is 1.50 bits per heavy atom. The molecule has 0 amide bonds. The minimum Gasteiger partial charge on any atom is -0.324 e. The summed E-state index contributed by atoms with van der Waals surface area (Å²) >= 11 is 0. The average molecular weight is 196 g/mol. The second kappa shape index (κ2) is 3.82. The van der Waals surface area contributed by atoms with Crippen molar-refractivity contribution in [2.24, 2.45) is 17.6 Å². The van der Waals surface area contributed by atoms with Crippen molar-refractivity contribution in [3.8, 4) is 0 Å². The average Bonchev–Trinajstić information content (AvgIpc) is 2.77. The first-order chi connectivity index (χ1) is 6.53. The van der Waals surface area contributed by atoms with Crippen LogP contribution in [-0.4, -0.2) is 30.1 Å². The monoisotopic (exact) mass is 196 g/mol. The number of hydrogen-bond donors (Lipinski definition) is 1. The number of nitrogens with two attached hydrogens (primary N) is 1. The Kier molecular flexibility index (Phi) is 2.85. The molecule has 2 nitrogen and oxygen atoms in total. The number of rotatable bonds is 6. The summed E-state index contributed by atoms with van der Waals surface area (Å²) in [5.41, 5.74) is 6.06. The van der Waals surface area contributed by atoms with E-state index in [4.69, 9.17) is 5.73 Å². The quantitative estimate of drug-likeness (QED) is 0.702. The third-order valence-electron chi connectivity index (χ3n) is 3.06. The SMILES string of the molecule is CC(C)(N)CN(CC1CC1)CC1CC1. The zero-order valence-corrected chi connectivity index (χ0v) is 9.63. The summed E-state index contributed by atoms with van der Waals surface area (Å²) in [6.07, 6.45) is 5.80. The number of hydrogen-bond acceptors (Lipinski definition) is 2. The summed E-state index contributed by atoms with van der Waals surface area (Å²) in [4.78, 5) is 2.61. The molecule has 0 heterocycles. The summed E-state index contributed by atoms with van der Waals surface area (Å²) in [5.74, 6) is 1.99. The molecule has 2 fully saturated rings. The summed E-state index contributed by atoms with van der Waals surface area (Å²) < 4.78 is 0. The van der Waals surface area contributed by atoms with Crippen molar-refractivity contribution in [1.29, 1.82) is 0 Å². The Balaban J connectivity index is 1.76. The predicted molar refractivity (Wildman–Crippen MR) is 60.2 cm³/mol. The van der Waals surface area contributed by atoms with E-state index in [1.807, 2.05) is 0 Å². The van der Waals surface area contributed by atoms with Crippen molar-refractivity contribution in [3.63, 3.8) is 0 Å². The minimum absolute atomic E-state index is 0.0240. The molecule has 0 aromatic heterocycles. The van der Waals surface area contributed by atoms with Gasteiger partial charge in [-0.25, -0.2) is 0 Å². The van der Waals surface area contributed by atoms with Gasteiger partial charge in [0.1, 0.15) is 0 Å². The van der Waals surface area contributed by atoms with Crippen molar-refractivity contribution in [2.75, 3.05) is 19.6 Å². The summed E-state index contributed by atoms with van der Waals surface area (Å²) in [6.45, 7) is 7.95. The second-order valence-electron chi connectivity index (χ2n) is 6.07. The standard InChI is InChI=1S/C12H24N2/c1-12(2,13)9-14(7-10-3-4-10)8-11-5-6-11/h10-11H,3-9,13H2,1-2H3. The van der Waals surface area contributed by atoms with Crippen molar-refractivity contribution < 1.29 is 0 Å². The van der Waals surface area contributed by atoms with Gasteiger partial charge in [0.05, 0.1) is 0 Å². The van der Waals surface area contributed by atoms with Crippen LogP contribution in [0.1, 0.15) is 39.5 Å². The smallest absolute Gasteiger partial charge is 0.0226 e. The molecule has 2 saturated carbocycles. The van der Waals surface area contributed by atoms with Crippen molar-refractivity contribution in [3.05, 3.63) is 0 Å². The van der Waals surface area contributed by atoms with Gasteiger partial charge in [0.15, 0.2) is 0 Å². The molecule has 2 heteroatoms. The van der Waals surface area contributed by atoms with Crippen LogP contribution >= 0.6 is 0 Å². The summed E-state index contributed by atoms with van der Waals surface area (Å²) in [7, 11) is 0. The van der Waals surface area contributed by atoms with E-state index in [2.05, 4.69) is 18.7 Å². The molecule has 0 saturated heterocycles. The fourth-order valence-electron chi connectivity index (χ4n) is 2.11. The molecule has 0 atom stereocenters. The highest BCUT2D eigenvalue weighted by atomic mass is 15.2. The maximum atomic E-state index is 6.09. The molecular formula is C12H24N2. The van der Waals surface area contributed by atoms with E-state index in [1.165, 1.54) is 38.8 Å². The van der Waals surface area contributed by atoms with Crippen LogP contribution in [0.2, 0.25) is 0 Å². The lowest BCUT2D eigenvalue weighted by molar-refractivity contribution is 0.209. The fraction of sp³-hybridized carbons (Fsp3) is 1.00. The fourth-order valence-corrected chi connectivity index (χ4v) is 2.11. The first-order valence-electron chi connectivity index (χ1n) is 6.04. The van der Waals surface area contributed by atoms with Crippen molar-refractivity contribution in [2.45, 2.75) is 45.1 Å². The Hall–Kier alpha value is -0.0800. The van der Waals surface area contributed by atoms with Gasteiger partial charge in [0.25, 0.3) is 0 Å².